The molecule has 3 heterocycles. The number of fused-ring (bicyclic) bond motifs is 1. The number of anilines is 4. The number of hydrogen-bond acceptors (Lipinski definition) is 5. The van der Waals surface area contributed by atoms with Crippen molar-refractivity contribution in [3.05, 3.63) is 61.1 Å². The molecule has 0 unspecified atom stereocenters. The molecular weight excluding hydrogens is 274 g/mol. The first kappa shape index (κ1) is 12.6. The number of pyridine rings is 2. The Morgan fingerprint density at radius 1 is 1.05 bits per heavy atom. The van der Waals surface area contributed by atoms with Crippen LogP contribution in [-0.2, 0) is 0 Å². The van der Waals surface area contributed by atoms with Gasteiger partial charge in [0.25, 0.3) is 0 Å². The summed E-state index contributed by atoms with van der Waals surface area (Å²) in [4.78, 5) is 10.6. The second-order valence-corrected chi connectivity index (χ2v) is 5.15. The average Bonchev–Trinajstić information content (AvgIpc) is 2.99. The maximum absolute atomic E-state index is 6.04. The van der Waals surface area contributed by atoms with Crippen molar-refractivity contribution in [2.75, 3.05) is 22.6 Å². The van der Waals surface area contributed by atoms with Gasteiger partial charge in [0.05, 0.1) is 23.7 Å². The highest BCUT2D eigenvalue weighted by Gasteiger charge is 2.22. The highest BCUT2D eigenvalue weighted by molar-refractivity contribution is 5.86. The lowest BCUT2D eigenvalue weighted by atomic mass is 10.1. The molecule has 22 heavy (non-hydrogen) atoms. The van der Waals surface area contributed by atoms with Crippen molar-refractivity contribution in [3.63, 3.8) is 0 Å². The van der Waals surface area contributed by atoms with Crippen LogP contribution in [0, 0.1) is 0 Å². The average molecular weight is 289 g/mol. The molecule has 5 nitrogen and oxygen atoms in total. The van der Waals surface area contributed by atoms with Gasteiger partial charge in [-0.3, -0.25) is 4.98 Å². The summed E-state index contributed by atoms with van der Waals surface area (Å²) < 4.78 is 0. The first-order valence-corrected chi connectivity index (χ1v) is 7.09. The van der Waals surface area contributed by atoms with Gasteiger partial charge in [0.1, 0.15) is 0 Å². The number of nitrogens with two attached hydrogens (primary N) is 1. The van der Waals surface area contributed by atoms with Gasteiger partial charge in [0, 0.05) is 24.2 Å². The summed E-state index contributed by atoms with van der Waals surface area (Å²) in [6, 6.07) is 14.0. The highest BCUT2D eigenvalue weighted by atomic mass is 15.3. The summed E-state index contributed by atoms with van der Waals surface area (Å²) in [5, 5.41) is 3.40. The van der Waals surface area contributed by atoms with Crippen LogP contribution in [0.25, 0.3) is 11.1 Å². The number of nitrogens with zero attached hydrogens (tertiary/aromatic N) is 3. The van der Waals surface area contributed by atoms with Crippen LogP contribution in [0.2, 0.25) is 0 Å². The maximum atomic E-state index is 6.04. The van der Waals surface area contributed by atoms with Gasteiger partial charge in [0.2, 0.25) is 0 Å². The molecule has 4 rings (SSSR count). The zero-order valence-electron chi connectivity index (χ0n) is 11.9. The van der Waals surface area contributed by atoms with E-state index in [0.717, 1.165) is 28.3 Å². The van der Waals surface area contributed by atoms with E-state index in [1.807, 2.05) is 24.4 Å². The van der Waals surface area contributed by atoms with Gasteiger partial charge >= 0.3 is 0 Å². The minimum absolute atomic E-state index is 0.660. The van der Waals surface area contributed by atoms with Crippen LogP contribution in [0.1, 0.15) is 0 Å². The fourth-order valence-electron chi connectivity index (χ4n) is 2.70. The summed E-state index contributed by atoms with van der Waals surface area (Å²) in [6.07, 6.45) is 5.40. The smallest absolute Gasteiger partial charge is 0.157 e. The van der Waals surface area contributed by atoms with Crippen molar-refractivity contribution in [3.8, 4) is 11.1 Å². The number of hydrogen-bond donors (Lipinski definition) is 2. The predicted molar refractivity (Wildman–Crippen MR) is 89.0 cm³/mol. The molecule has 0 atom stereocenters. The van der Waals surface area contributed by atoms with Crippen LogP contribution in [0.4, 0.5) is 22.9 Å². The third-order valence-corrected chi connectivity index (χ3v) is 3.78. The number of nitrogens with one attached hydrogen (secondary N) is 1. The number of nitrogen functional groups attached to an aromatic ring is 1. The Bertz CT molecular complexity index is 816. The molecule has 0 saturated heterocycles. The number of rotatable bonds is 2. The Balaban J connectivity index is 1.74. The maximum Gasteiger partial charge on any atom is 0.157 e. The highest BCUT2D eigenvalue weighted by Crippen LogP contribution is 2.39. The van der Waals surface area contributed by atoms with Crippen molar-refractivity contribution < 1.29 is 0 Å². The molecule has 0 amide bonds. The Morgan fingerprint density at radius 2 is 1.95 bits per heavy atom. The van der Waals surface area contributed by atoms with Gasteiger partial charge in [-0.2, -0.15) is 0 Å². The van der Waals surface area contributed by atoms with E-state index >= 15 is 0 Å². The summed E-state index contributed by atoms with van der Waals surface area (Å²) in [5.41, 5.74) is 11.1. The minimum atomic E-state index is 0.660. The second-order valence-electron chi connectivity index (χ2n) is 5.15. The van der Waals surface area contributed by atoms with E-state index in [1.165, 1.54) is 0 Å². The van der Waals surface area contributed by atoms with Gasteiger partial charge in [0.15, 0.2) is 5.82 Å². The van der Waals surface area contributed by atoms with Gasteiger partial charge in [-0.1, -0.05) is 12.1 Å². The van der Waals surface area contributed by atoms with Gasteiger partial charge in [-0.25, -0.2) is 4.98 Å². The van der Waals surface area contributed by atoms with Crippen molar-refractivity contribution in [1.82, 2.24) is 9.97 Å². The molecule has 0 fully saturated rings. The van der Waals surface area contributed by atoms with Crippen molar-refractivity contribution in [2.45, 2.75) is 0 Å². The number of aromatic nitrogens is 2. The molecule has 5 heteroatoms. The molecular formula is C17H15N5. The van der Waals surface area contributed by atoms with Crippen molar-refractivity contribution in [1.29, 1.82) is 0 Å². The molecule has 0 bridgehead atoms. The lowest BCUT2D eigenvalue weighted by Crippen LogP contribution is -2.18. The zero-order valence-corrected chi connectivity index (χ0v) is 11.9. The van der Waals surface area contributed by atoms with E-state index in [0.29, 0.717) is 12.4 Å². The van der Waals surface area contributed by atoms with Crippen LogP contribution in [0.3, 0.4) is 0 Å². The molecule has 1 aromatic carbocycles. The minimum Gasteiger partial charge on any atom is -0.396 e. The van der Waals surface area contributed by atoms with E-state index in [4.69, 9.17) is 5.73 Å². The van der Waals surface area contributed by atoms with Crippen LogP contribution in [0.15, 0.2) is 61.1 Å². The fourth-order valence-corrected chi connectivity index (χ4v) is 2.70. The summed E-state index contributed by atoms with van der Waals surface area (Å²) in [5.74, 6) is 0.780. The first-order valence-electron chi connectivity index (χ1n) is 7.09. The first-order chi connectivity index (χ1) is 10.8. The molecule has 0 radical (unpaired) electrons. The molecule has 2 aromatic heterocycles. The van der Waals surface area contributed by atoms with E-state index in [2.05, 4.69) is 44.5 Å². The second kappa shape index (κ2) is 5.04. The molecule has 3 N–H and O–H groups in total. The molecule has 108 valence electrons. The standard InChI is InChI=1S/C17H15N5/c18-14-4-2-8-20-17(14)22-11-21-15-9-12(5-6-16(15)22)13-3-1-7-19-10-13/h1-10,21H,11,18H2. The van der Waals surface area contributed by atoms with Gasteiger partial charge in [-0.15, -0.1) is 0 Å². The molecule has 1 aliphatic heterocycles. The summed E-state index contributed by atoms with van der Waals surface area (Å²) in [7, 11) is 0. The molecule has 1 aliphatic rings. The van der Waals surface area contributed by atoms with Crippen LogP contribution >= 0.6 is 0 Å². The number of benzene rings is 1. The van der Waals surface area contributed by atoms with E-state index in [-0.39, 0.29) is 0 Å². The topological polar surface area (TPSA) is 67.1 Å². The summed E-state index contributed by atoms with van der Waals surface area (Å²) >= 11 is 0. The quantitative estimate of drug-likeness (QED) is 0.758. The molecule has 0 aliphatic carbocycles. The van der Waals surface area contributed by atoms with E-state index < -0.39 is 0 Å². The molecule has 0 spiro atoms. The van der Waals surface area contributed by atoms with Crippen LogP contribution < -0.4 is 16.0 Å². The monoisotopic (exact) mass is 289 g/mol. The van der Waals surface area contributed by atoms with E-state index in [1.54, 1.807) is 12.4 Å². The van der Waals surface area contributed by atoms with Crippen LogP contribution in [0.5, 0.6) is 0 Å². The molecule has 0 saturated carbocycles. The predicted octanol–water partition coefficient (Wildman–Crippen LogP) is 3.25. The third kappa shape index (κ3) is 2.03. The Morgan fingerprint density at radius 3 is 2.77 bits per heavy atom. The lowest BCUT2D eigenvalue weighted by molar-refractivity contribution is 1.05. The van der Waals surface area contributed by atoms with Crippen molar-refractivity contribution >= 4 is 22.9 Å². The molecule has 3 aromatic rings. The Kier molecular flexibility index (Phi) is 2.89. The lowest BCUT2D eigenvalue weighted by Gasteiger charge is -2.18. The normalized spacial score (nSPS) is 12.8. The largest absolute Gasteiger partial charge is 0.396 e. The van der Waals surface area contributed by atoms with Crippen LogP contribution in [-0.4, -0.2) is 16.6 Å². The Hall–Kier alpha value is -3.08. The third-order valence-electron chi connectivity index (χ3n) is 3.78. The van der Waals surface area contributed by atoms with Crippen molar-refractivity contribution in [2.24, 2.45) is 0 Å². The van der Waals surface area contributed by atoms with Gasteiger partial charge in [-0.05, 0) is 35.9 Å². The van der Waals surface area contributed by atoms with E-state index in [9.17, 15) is 0 Å². The Labute approximate surface area is 128 Å². The SMILES string of the molecule is Nc1cccnc1N1CNc2cc(-c3cccnc3)ccc21. The fraction of sp³-hybridized carbons (Fsp3) is 0.0588. The van der Waals surface area contributed by atoms with Gasteiger partial charge < -0.3 is 16.0 Å². The summed E-state index contributed by atoms with van der Waals surface area (Å²) in [6.45, 7) is 0.660. The zero-order chi connectivity index (χ0) is 14.9.